The molecule has 1 saturated carbocycles. The third-order valence-electron chi connectivity index (χ3n) is 5.76. The number of hydrogen-bond acceptors (Lipinski definition) is 3. The molecule has 1 aliphatic rings. The largest absolute Gasteiger partial charge is 0.342 e. The third-order valence-corrected chi connectivity index (χ3v) is 5.76. The zero-order chi connectivity index (χ0) is 19.4. The van der Waals surface area contributed by atoms with E-state index in [1.54, 1.807) is 0 Å². The molecule has 0 aliphatic heterocycles. The molecule has 1 aromatic carbocycles. The molecule has 0 spiro atoms. The van der Waals surface area contributed by atoms with Gasteiger partial charge in [-0.15, -0.1) is 12.4 Å². The van der Waals surface area contributed by atoms with Gasteiger partial charge in [-0.3, -0.25) is 9.59 Å². The van der Waals surface area contributed by atoms with Crippen LogP contribution >= 0.6 is 12.4 Å². The van der Waals surface area contributed by atoms with Crippen molar-refractivity contribution < 1.29 is 9.59 Å². The lowest BCUT2D eigenvalue weighted by Gasteiger charge is -2.19. The second-order valence-electron chi connectivity index (χ2n) is 7.31. The number of halogens is 1. The second-order valence-corrected chi connectivity index (χ2v) is 7.31. The van der Waals surface area contributed by atoms with E-state index >= 15 is 0 Å². The van der Waals surface area contributed by atoms with Crippen molar-refractivity contribution in [2.24, 2.45) is 17.6 Å². The van der Waals surface area contributed by atoms with Gasteiger partial charge in [0.25, 0.3) is 0 Å². The zero-order valence-corrected chi connectivity index (χ0v) is 17.5. The average molecular weight is 407 g/mol. The van der Waals surface area contributed by atoms with Gasteiger partial charge in [0.1, 0.15) is 6.54 Å². The third kappa shape index (κ3) is 4.67. The van der Waals surface area contributed by atoms with Gasteiger partial charge >= 0.3 is 0 Å². The Bertz CT molecular complexity index is 816. The lowest BCUT2D eigenvalue weighted by atomic mass is 9.95. The number of amides is 2. The monoisotopic (exact) mass is 406 g/mol. The Morgan fingerprint density at radius 1 is 1.21 bits per heavy atom. The Balaban J connectivity index is 0.00000280. The molecule has 1 aliphatic carbocycles. The Kier molecular flexibility index (Phi) is 7.89. The van der Waals surface area contributed by atoms with Crippen molar-refractivity contribution in [1.82, 2.24) is 9.47 Å². The summed E-state index contributed by atoms with van der Waals surface area (Å²) >= 11 is 0. The van der Waals surface area contributed by atoms with Crippen LogP contribution in [0.3, 0.4) is 0 Å². The minimum absolute atomic E-state index is 0. The van der Waals surface area contributed by atoms with E-state index < -0.39 is 0 Å². The maximum Gasteiger partial charge on any atom is 0.242 e. The van der Waals surface area contributed by atoms with Crippen LogP contribution in [0, 0.1) is 11.8 Å². The molecule has 1 fully saturated rings. The number of anilines is 1. The Morgan fingerprint density at radius 3 is 2.64 bits per heavy atom. The standard InChI is InChI=1S/C21H30N4O2.ClH/c1-3-24(4-2)20(26)14-25-11-10-15-12-17(8-9-19(15)25)23-21(27)18-7-5-6-16(18)13-22;/h8-12,16,18H,3-7,13-14,22H2,1-2H3,(H,23,27);1H/t16-,18-;/m1./s1. The lowest BCUT2D eigenvalue weighted by Crippen LogP contribution is -2.33. The van der Waals surface area contributed by atoms with E-state index in [0.29, 0.717) is 19.0 Å². The number of carbonyl (C=O) groups excluding carboxylic acids is 2. The van der Waals surface area contributed by atoms with E-state index in [9.17, 15) is 9.59 Å². The van der Waals surface area contributed by atoms with E-state index in [0.717, 1.165) is 48.9 Å². The van der Waals surface area contributed by atoms with Crippen molar-refractivity contribution in [1.29, 1.82) is 0 Å². The first-order valence-corrected chi connectivity index (χ1v) is 9.95. The van der Waals surface area contributed by atoms with Crippen LogP contribution in [0.4, 0.5) is 5.69 Å². The maximum absolute atomic E-state index is 12.6. The summed E-state index contributed by atoms with van der Waals surface area (Å²) in [5.74, 6) is 0.491. The fourth-order valence-corrected chi connectivity index (χ4v) is 4.14. The predicted molar refractivity (Wildman–Crippen MR) is 116 cm³/mol. The highest BCUT2D eigenvalue weighted by Crippen LogP contribution is 2.32. The molecule has 0 radical (unpaired) electrons. The molecule has 154 valence electrons. The van der Waals surface area contributed by atoms with Crippen LogP contribution in [0.25, 0.3) is 10.9 Å². The van der Waals surface area contributed by atoms with Crippen LogP contribution in [0.2, 0.25) is 0 Å². The molecule has 28 heavy (non-hydrogen) atoms. The van der Waals surface area contributed by atoms with Gasteiger partial charge in [0, 0.05) is 41.8 Å². The van der Waals surface area contributed by atoms with Gasteiger partial charge in [0.05, 0.1) is 0 Å². The van der Waals surface area contributed by atoms with Crippen molar-refractivity contribution in [2.45, 2.75) is 39.7 Å². The van der Waals surface area contributed by atoms with Crippen molar-refractivity contribution in [3.8, 4) is 0 Å². The minimum Gasteiger partial charge on any atom is -0.342 e. The highest BCUT2D eigenvalue weighted by Gasteiger charge is 2.31. The molecule has 3 rings (SSSR count). The summed E-state index contributed by atoms with van der Waals surface area (Å²) in [6.07, 6.45) is 4.96. The molecule has 0 bridgehead atoms. The van der Waals surface area contributed by atoms with E-state index in [-0.39, 0.29) is 30.1 Å². The molecule has 2 atom stereocenters. The van der Waals surface area contributed by atoms with Gasteiger partial charge in [0.2, 0.25) is 11.8 Å². The zero-order valence-electron chi connectivity index (χ0n) is 16.7. The first kappa shape index (κ1) is 22.2. The molecule has 0 saturated heterocycles. The molecule has 6 nitrogen and oxygen atoms in total. The van der Waals surface area contributed by atoms with Gasteiger partial charge in [-0.1, -0.05) is 6.42 Å². The van der Waals surface area contributed by atoms with Crippen LogP contribution in [0.5, 0.6) is 0 Å². The molecule has 2 amide bonds. The van der Waals surface area contributed by atoms with E-state index in [4.69, 9.17) is 5.73 Å². The predicted octanol–water partition coefficient (Wildman–Crippen LogP) is 3.25. The van der Waals surface area contributed by atoms with Crippen LogP contribution in [-0.4, -0.2) is 40.9 Å². The van der Waals surface area contributed by atoms with Crippen molar-refractivity contribution >= 4 is 40.8 Å². The summed E-state index contributed by atoms with van der Waals surface area (Å²) in [5.41, 5.74) is 7.59. The fraction of sp³-hybridized carbons (Fsp3) is 0.524. The molecule has 1 aromatic heterocycles. The van der Waals surface area contributed by atoms with Gasteiger partial charge in [0.15, 0.2) is 0 Å². The molecule has 7 heteroatoms. The number of nitrogens with two attached hydrogens (primary N) is 1. The molecule has 1 heterocycles. The van der Waals surface area contributed by atoms with Crippen molar-refractivity contribution in [2.75, 3.05) is 25.0 Å². The number of fused-ring (bicyclic) bond motifs is 1. The number of likely N-dealkylation sites (N-methyl/N-ethyl adjacent to an activating group) is 1. The maximum atomic E-state index is 12.6. The van der Waals surface area contributed by atoms with E-state index in [1.165, 1.54) is 0 Å². The Labute approximate surface area is 172 Å². The average Bonchev–Trinajstić information content (AvgIpc) is 3.29. The Hall–Kier alpha value is -2.05. The van der Waals surface area contributed by atoms with Crippen LogP contribution in [-0.2, 0) is 16.1 Å². The second kappa shape index (κ2) is 9.94. The van der Waals surface area contributed by atoms with Crippen molar-refractivity contribution in [3.05, 3.63) is 30.5 Å². The normalized spacial score (nSPS) is 18.7. The van der Waals surface area contributed by atoms with Gasteiger partial charge in [-0.05, 0) is 63.4 Å². The summed E-state index contributed by atoms with van der Waals surface area (Å²) in [4.78, 5) is 26.8. The summed E-state index contributed by atoms with van der Waals surface area (Å²) < 4.78 is 1.96. The number of rotatable bonds is 7. The number of benzene rings is 1. The lowest BCUT2D eigenvalue weighted by molar-refractivity contribution is -0.131. The van der Waals surface area contributed by atoms with Crippen molar-refractivity contribution in [3.63, 3.8) is 0 Å². The summed E-state index contributed by atoms with van der Waals surface area (Å²) in [6.45, 7) is 6.32. The van der Waals surface area contributed by atoms with Crippen LogP contribution in [0.1, 0.15) is 33.1 Å². The summed E-state index contributed by atoms with van der Waals surface area (Å²) in [7, 11) is 0. The SMILES string of the molecule is CCN(CC)C(=O)Cn1ccc2cc(NC(=O)[C@@H]3CCC[C@@H]3CN)ccc21.Cl. The number of aromatic nitrogens is 1. The number of hydrogen-bond donors (Lipinski definition) is 2. The highest BCUT2D eigenvalue weighted by atomic mass is 35.5. The molecule has 2 aromatic rings. The van der Waals surface area contributed by atoms with E-state index in [2.05, 4.69) is 5.32 Å². The molecule has 0 unspecified atom stereocenters. The fourth-order valence-electron chi connectivity index (χ4n) is 4.14. The first-order valence-electron chi connectivity index (χ1n) is 9.95. The molecular formula is C21H31ClN4O2. The summed E-state index contributed by atoms with van der Waals surface area (Å²) in [6, 6.07) is 7.83. The van der Waals surface area contributed by atoms with Crippen LogP contribution < -0.4 is 11.1 Å². The molecular weight excluding hydrogens is 376 g/mol. The molecule has 3 N–H and O–H groups in total. The topological polar surface area (TPSA) is 80.4 Å². The number of nitrogens with one attached hydrogen (secondary N) is 1. The quantitative estimate of drug-likeness (QED) is 0.740. The smallest absolute Gasteiger partial charge is 0.242 e. The highest BCUT2D eigenvalue weighted by molar-refractivity contribution is 5.95. The first-order chi connectivity index (χ1) is 13.1. The Morgan fingerprint density at radius 2 is 1.96 bits per heavy atom. The van der Waals surface area contributed by atoms with E-state index in [1.807, 2.05) is 53.8 Å². The summed E-state index contributed by atoms with van der Waals surface area (Å²) in [5, 5.41) is 4.06. The number of carbonyl (C=O) groups is 2. The minimum atomic E-state index is 0. The van der Waals surface area contributed by atoms with Gasteiger partial charge in [-0.2, -0.15) is 0 Å². The number of nitrogens with zero attached hydrogens (tertiary/aromatic N) is 2. The van der Waals surface area contributed by atoms with Gasteiger partial charge in [-0.25, -0.2) is 0 Å². The van der Waals surface area contributed by atoms with Gasteiger partial charge < -0.3 is 20.5 Å². The van der Waals surface area contributed by atoms with Crippen LogP contribution in [0.15, 0.2) is 30.5 Å².